The summed E-state index contributed by atoms with van der Waals surface area (Å²) in [5, 5.41) is 0. The van der Waals surface area contributed by atoms with E-state index < -0.39 is 6.10 Å². The molecule has 0 aliphatic heterocycles. The SMILES string of the molecule is CC/C=C\C/C=C\C/C=C\C/C=C\C/C=C\C/C=C\CCC(=O)OCC(COC(=O)CCCCCC/C=C\C/C=C\C/C=C\C/C=C\CC)OC(=O)CCCCCCCCC/C=C\CCCCCCCCC. The van der Waals surface area contributed by atoms with E-state index in [0.717, 1.165) is 116 Å². The molecular weight excluding hydrogens is 889 g/mol. The minimum Gasteiger partial charge on any atom is -0.462 e. The second kappa shape index (κ2) is 59.1. The van der Waals surface area contributed by atoms with E-state index in [4.69, 9.17) is 14.2 Å². The monoisotopic (exact) mass is 995 g/mol. The molecule has 1 atom stereocenters. The number of hydrogen-bond acceptors (Lipinski definition) is 6. The molecule has 0 saturated carbocycles. The van der Waals surface area contributed by atoms with Gasteiger partial charge in [0.05, 0.1) is 0 Å². The molecule has 72 heavy (non-hydrogen) atoms. The van der Waals surface area contributed by atoms with Crippen LogP contribution >= 0.6 is 0 Å². The molecule has 0 amide bonds. The van der Waals surface area contributed by atoms with Crippen molar-refractivity contribution in [3.05, 3.63) is 134 Å². The third kappa shape index (κ3) is 56.5. The summed E-state index contributed by atoms with van der Waals surface area (Å²) in [6.07, 6.45) is 83.1. The molecule has 0 aromatic heterocycles. The van der Waals surface area contributed by atoms with Crippen molar-refractivity contribution in [3.63, 3.8) is 0 Å². The zero-order chi connectivity index (χ0) is 52.2. The number of allylic oxidation sites excluding steroid dienone is 22. The molecular formula is C66H106O6. The summed E-state index contributed by atoms with van der Waals surface area (Å²) in [5.41, 5.74) is 0. The number of carbonyl (C=O) groups excluding carboxylic acids is 3. The third-order valence-corrected chi connectivity index (χ3v) is 11.9. The van der Waals surface area contributed by atoms with Crippen molar-refractivity contribution in [3.8, 4) is 0 Å². The lowest BCUT2D eigenvalue weighted by Gasteiger charge is -2.18. The normalized spacial score (nSPS) is 13.1. The highest BCUT2D eigenvalue weighted by Crippen LogP contribution is 2.14. The minimum atomic E-state index is -0.827. The first-order valence-corrected chi connectivity index (χ1v) is 29.2. The van der Waals surface area contributed by atoms with E-state index in [9.17, 15) is 14.4 Å². The summed E-state index contributed by atoms with van der Waals surface area (Å²) in [7, 11) is 0. The van der Waals surface area contributed by atoms with Crippen molar-refractivity contribution < 1.29 is 28.6 Å². The van der Waals surface area contributed by atoms with Gasteiger partial charge in [0.2, 0.25) is 0 Å². The van der Waals surface area contributed by atoms with Gasteiger partial charge in [0, 0.05) is 19.3 Å². The molecule has 0 spiro atoms. The molecule has 0 radical (unpaired) electrons. The number of rotatable bonds is 51. The highest BCUT2D eigenvalue weighted by atomic mass is 16.6. The van der Waals surface area contributed by atoms with Gasteiger partial charge in [-0.15, -0.1) is 0 Å². The third-order valence-electron chi connectivity index (χ3n) is 11.9. The summed E-state index contributed by atoms with van der Waals surface area (Å²) in [5.74, 6) is -1.04. The zero-order valence-corrected chi connectivity index (χ0v) is 46.4. The van der Waals surface area contributed by atoms with Gasteiger partial charge in [-0.1, -0.05) is 238 Å². The Balaban J connectivity index is 4.56. The topological polar surface area (TPSA) is 78.9 Å². The van der Waals surface area contributed by atoms with Gasteiger partial charge in [0.25, 0.3) is 0 Å². The first kappa shape index (κ1) is 67.5. The van der Waals surface area contributed by atoms with E-state index in [-0.39, 0.29) is 37.5 Å². The average molecular weight is 996 g/mol. The molecule has 6 nitrogen and oxygen atoms in total. The van der Waals surface area contributed by atoms with Gasteiger partial charge in [-0.3, -0.25) is 14.4 Å². The quantitative estimate of drug-likeness (QED) is 0.0261. The molecule has 0 rings (SSSR count). The van der Waals surface area contributed by atoms with Crippen molar-refractivity contribution in [2.24, 2.45) is 0 Å². The lowest BCUT2D eigenvalue weighted by molar-refractivity contribution is -0.166. The molecule has 0 fully saturated rings. The second-order valence-corrected chi connectivity index (χ2v) is 18.8. The summed E-state index contributed by atoms with van der Waals surface area (Å²) < 4.78 is 16.8. The maximum atomic E-state index is 12.9. The van der Waals surface area contributed by atoms with Crippen LogP contribution in [0, 0.1) is 0 Å². The molecule has 1 unspecified atom stereocenters. The summed E-state index contributed by atoms with van der Waals surface area (Å²) in [6.45, 7) is 6.32. The summed E-state index contributed by atoms with van der Waals surface area (Å²) in [6, 6.07) is 0. The van der Waals surface area contributed by atoms with E-state index in [1.807, 2.05) is 6.08 Å². The molecule has 6 heteroatoms. The Labute approximate surface area is 443 Å². The van der Waals surface area contributed by atoms with E-state index in [1.54, 1.807) is 0 Å². The maximum absolute atomic E-state index is 12.9. The van der Waals surface area contributed by atoms with Crippen LogP contribution in [-0.4, -0.2) is 37.2 Å². The first-order valence-electron chi connectivity index (χ1n) is 29.2. The number of carbonyl (C=O) groups is 3. The van der Waals surface area contributed by atoms with Crippen LogP contribution in [0.4, 0.5) is 0 Å². The van der Waals surface area contributed by atoms with Crippen molar-refractivity contribution in [2.75, 3.05) is 13.2 Å². The molecule has 0 aliphatic rings. The van der Waals surface area contributed by atoms with Gasteiger partial charge in [0.1, 0.15) is 13.2 Å². The first-order chi connectivity index (χ1) is 35.5. The number of ether oxygens (including phenoxy) is 3. The van der Waals surface area contributed by atoms with Gasteiger partial charge in [0.15, 0.2) is 6.10 Å². The number of esters is 3. The van der Waals surface area contributed by atoms with Crippen molar-refractivity contribution >= 4 is 17.9 Å². The van der Waals surface area contributed by atoms with Crippen LogP contribution < -0.4 is 0 Å². The number of hydrogen-bond donors (Lipinski definition) is 0. The van der Waals surface area contributed by atoms with Crippen molar-refractivity contribution in [2.45, 2.75) is 252 Å². The van der Waals surface area contributed by atoms with Gasteiger partial charge in [-0.05, 0) is 122 Å². The molecule has 0 N–H and O–H groups in total. The maximum Gasteiger partial charge on any atom is 0.306 e. The summed E-state index contributed by atoms with van der Waals surface area (Å²) in [4.78, 5) is 38.2. The van der Waals surface area contributed by atoms with E-state index in [0.29, 0.717) is 19.3 Å². The fourth-order valence-corrected chi connectivity index (χ4v) is 7.57. The lowest BCUT2D eigenvalue weighted by Crippen LogP contribution is -2.30. The standard InChI is InChI=1S/C66H106O6/c1-4-7-10-13-16-19-22-25-28-31-33-36-38-41-44-47-50-53-56-59-65(68)71-62-63(61-70-64(67)58-55-52-49-46-43-40-37-34-30-27-24-21-18-15-12-9-6-3)72-66(69)60-57-54-51-48-45-42-39-35-32-29-26-23-20-17-14-11-8-5-2/h7,9-10,12,16,18-19,21,25,27-30,32-33,36-37,40-41,44,50,53,63H,4-6,8,11,13-15,17,20,22-24,26,31,34-35,38-39,42-43,45-49,51-52,54-62H2,1-3H3/b10-7-,12-9-,19-16-,21-18-,28-25-,30-27-,32-29-,36-33-,40-37-,44-41-,53-50-. The van der Waals surface area contributed by atoms with Crippen molar-refractivity contribution in [1.29, 1.82) is 0 Å². The molecule has 406 valence electrons. The van der Waals surface area contributed by atoms with Gasteiger partial charge in [-0.25, -0.2) is 0 Å². The largest absolute Gasteiger partial charge is 0.462 e. The Morgan fingerprint density at radius 3 is 0.944 bits per heavy atom. The highest BCUT2D eigenvalue weighted by molar-refractivity contribution is 5.71. The van der Waals surface area contributed by atoms with E-state index in [2.05, 4.69) is 148 Å². The second-order valence-electron chi connectivity index (χ2n) is 18.8. The van der Waals surface area contributed by atoms with Crippen LogP contribution in [0.1, 0.15) is 245 Å². The van der Waals surface area contributed by atoms with Crippen LogP contribution in [0.2, 0.25) is 0 Å². The predicted molar refractivity (Wildman–Crippen MR) is 311 cm³/mol. The average Bonchev–Trinajstić information content (AvgIpc) is 3.38. The smallest absolute Gasteiger partial charge is 0.306 e. The Bertz CT molecular complexity index is 1560. The fourth-order valence-electron chi connectivity index (χ4n) is 7.57. The Morgan fingerprint density at radius 2 is 0.569 bits per heavy atom. The van der Waals surface area contributed by atoms with Gasteiger partial charge < -0.3 is 14.2 Å². The van der Waals surface area contributed by atoms with Crippen LogP contribution in [0.5, 0.6) is 0 Å². The zero-order valence-electron chi connectivity index (χ0n) is 46.4. The van der Waals surface area contributed by atoms with E-state index >= 15 is 0 Å². The Morgan fingerprint density at radius 1 is 0.292 bits per heavy atom. The van der Waals surface area contributed by atoms with Crippen LogP contribution in [0.15, 0.2) is 134 Å². The molecule has 0 saturated heterocycles. The Kier molecular flexibility index (Phi) is 55.5. The molecule has 0 aromatic rings. The molecule has 0 bridgehead atoms. The van der Waals surface area contributed by atoms with E-state index in [1.165, 1.54) is 83.5 Å². The Hall–Kier alpha value is -4.45. The number of unbranched alkanes of at least 4 members (excludes halogenated alkanes) is 18. The highest BCUT2D eigenvalue weighted by Gasteiger charge is 2.19. The fraction of sp³-hybridized carbons (Fsp3) is 0.621. The van der Waals surface area contributed by atoms with Gasteiger partial charge in [-0.2, -0.15) is 0 Å². The minimum absolute atomic E-state index is 0.120. The summed E-state index contributed by atoms with van der Waals surface area (Å²) >= 11 is 0. The van der Waals surface area contributed by atoms with Crippen molar-refractivity contribution in [1.82, 2.24) is 0 Å². The van der Waals surface area contributed by atoms with Gasteiger partial charge >= 0.3 is 17.9 Å². The van der Waals surface area contributed by atoms with Crippen LogP contribution in [0.3, 0.4) is 0 Å². The molecule has 0 aromatic carbocycles. The van der Waals surface area contributed by atoms with Crippen LogP contribution in [-0.2, 0) is 28.6 Å². The van der Waals surface area contributed by atoms with Crippen LogP contribution in [0.25, 0.3) is 0 Å². The predicted octanol–water partition coefficient (Wildman–Crippen LogP) is 19.8. The molecule has 0 aliphatic carbocycles. The lowest BCUT2D eigenvalue weighted by atomic mass is 10.1. The molecule has 0 heterocycles.